The van der Waals surface area contributed by atoms with Gasteiger partial charge >= 0.3 is 5.97 Å². The SMILES string of the molecule is COC(=O)C(NC(=O)c1cc(-c2ccc(Cl)cc2)nn1C)C(C)C. The number of rotatable bonds is 5. The van der Waals surface area contributed by atoms with Gasteiger partial charge < -0.3 is 10.1 Å². The fourth-order valence-electron chi connectivity index (χ4n) is 2.28. The van der Waals surface area contributed by atoms with Gasteiger partial charge in [0.25, 0.3) is 5.91 Å². The monoisotopic (exact) mass is 349 g/mol. The Labute approximate surface area is 145 Å². The van der Waals surface area contributed by atoms with Crippen LogP contribution >= 0.6 is 11.6 Å². The van der Waals surface area contributed by atoms with E-state index >= 15 is 0 Å². The molecule has 0 aliphatic heterocycles. The average Bonchev–Trinajstić information content (AvgIpc) is 2.94. The summed E-state index contributed by atoms with van der Waals surface area (Å²) in [5.41, 5.74) is 1.86. The van der Waals surface area contributed by atoms with Gasteiger partial charge in [0, 0.05) is 17.6 Å². The molecule has 0 aliphatic carbocycles. The molecular formula is C17H20ClN3O3. The summed E-state index contributed by atoms with van der Waals surface area (Å²) in [6.45, 7) is 3.68. The van der Waals surface area contributed by atoms with Gasteiger partial charge in [-0.05, 0) is 24.1 Å². The number of hydrogen-bond donors (Lipinski definition) is 1. The van der Waals surface area contributed by atoms with Crippen LogP contribution < -0.4 is 5.32 Å². The molecule has 1 heterocycles. The third-order valence-corrected chi connectivity index (χ3v) is 3.91. The van der Waals surface area contributed by atoms with E-state index < -0.39 is 12.0 Å². The number of hydrogen-bond acceptors (Lipinski definition) is 4. The lowest BCUT2D eigenvalue weighted by atomic mass is 10.0. The minimum atomic E-state index is -0.712. The van der Waals surface area contributed by atoms with Crippen LogP contribution in [0.25, 0.3) is 11.3 Å². The molecule has 0 spiro atoms. The van der Waals surface area contributed by atoms with Crippen molar-refractivity contribution in [3.05, 3.63) is 41.0 Å². The highest BCUT2D eigenvalue weighted by molar-refractivity contribution is 6.30. The average molecular weight is 350 g/mol. The highest BCUT2D eigenvalue weighted by Crippen LogP contribution is 2.21. The quantitative estimate of drug-likeness (QED) is 0.842. The Morgan fingerprint density at radius 2 is 1.88 bits per heavy atom. The van der Waals surface area contributed by atoms with Crippen molar-refractivity contribution in [3.63, 3.8) is 0 Å². The highest BCUT2D eigenvalue weighted by atomic mass is 35.5. The van der Waals surface area contributed by atoms with E-state index in [1.807, 2.05) is 26.0 Å². The number of esters is 1. The van der Waals surface area contributed by atoms with Gasteiger partial charge in [-0.25, -0.2) is 4.79 Å². The Morgan fingerprint density at radius 3 is 2.42 bits per heavy atom. The zero-order chi connectivity index (χ0) is 17.9. The third kappa shape index (κ3) is 3.94. The van der Waals surface area contributed by atoms with Crippen molar-refractivity contribution >= 4 is 23.5 Å². The molecule has 0 saturated heterocycles. The first-order valence-electron chi connectivity index (χ1n) is 7.52. The number of aryl methyl sites for hydroxylation is 1. The largest absolute Gasteiger partial charge is 0.467 e. The second-order valence-corrected chi connectivity index (χ2v) is 6.20. The lowest BCUT2D eigenvalue weighted by molar-refractivity contribution is -0.144. The summed E-state index contributed by atoms with van der Waals surface area (Å²) in [5.74, 6) is -0.946. The van der Waals surface area contributed by atoms with Crippen LogP contribution in [-0.4, -0.2) is 34.8 Å². The van der Waals surface area contributed by atoms with Gasteiger partial charge in [0.2, 0.25) is 0 Å². The molecule has 6 nitrogen and oxygen atoms in total. The lowest BCUT2D eigenvalue weighted by Crippen LogP contribution is -2.45. The van der Waals surface area contributed by atoms with E-state index in [1.165, 1.54) is 11.8 Å². The van der Waals surface area contributed by atoms with Gasteiger partial charge in [-0.1, -0.05) is 37.6 Å². The Kier molecular flexibility index (Phi) is 5.62. The van der Waals surface area contributed by atoms with Gasteiger partial charge in [-0.15, -0.1) is 0 Å². The van der Waals surface area contributed by atoms with Gasteiger partial charge in [0.15, 0.2) is 0 Å². The number of ether oxygens (including phenoxy) is 1. The predicted molar refractivity (Wildman–Crippen MR) is 91.8 cm³/mol. The second-order valence-electron chi connectivity index (χ2n) is 5.76. The molecule has 0 saturated carbocycles. The number of benzene rings is 1. The fraction of sp³-hybridized carbons (Fsp3) is 0.353. The van der Waals surface area contributed by atoms with Crippen molar-refractivity contribution in [3.8, 4) is 11.3 Å². The van der Waals surface area contributed by atoms with Crippen LogP contribution in [0, 0.1) is 5.92 Å². The predicted octanol–water partition coefficient (Wildman–Crippen LogP) is 2.67. The molecule has 0 bridgehead atoms. The highest BCUT2D eigenvalue weighted by Gasteiger charge is 2.26. The summed E-state index contributed by atoms with van der Waals surface area (Å²) < 4.78 is 6.22. The standard InChI is InChI=1S/C17H20ClN3O3/c1-10(2)15(17(23)24-4)19-16(22)14-9-13(20-21(14)3)11-5-7-12(18)8-6-11/h5-10,15H,1-4H3,(H,19,22). The molecule has 1 unspecified atom stereocenters. The maximum Gasteiger partial charge on any atom is 0.328 e. The summed E-state index contributed by atoms with van der Waals surface area (Å²) >= 11 is 5.88. The molecule has 128 valence electrons. The molecule has 2 rings (SSSR count). The van der Waals surface area contributed by atoms with Crippen LogP contribution in [0.15, 0.2) is 30.3 Å². The zero-order valence-corrected chi connectivity index (χ0v) is 14.8. The fourth-order valence-corrected chi connectivity index (χ4v) is 2.41. The van der Waals surface area contributed by atoms with Gasteiger partial charge in [-0.3, -0.25) is 9.48 Å². The van der Waals surface area contributed by atoms with Crippen LogP contribution in [0.5, 0.6) is 0 Å². The maximum absolute atomic E-state index is 12.5. The summed E-state index contributed by atoms with van der Waals surface area (Å²) in [5, 5.41) is 7.68. The van der Waals surface area contributed by atoms with E-state index in [1.54, 1.807) is 25.2 Å². The normalized spacial score (nSPS) is 12.1. The lowest BCUT2D eigenvalue weighted by Gasteiger charge is -2.19. The van der Waals surface area contributed by atoms with Gasteiger partial charge in [0.1, 0.15) is 11.7 Å². The summed E-state index contributed by atoms with van der Waals surface area (Å²) in [4.78, 5) is 24.3. The number of methoxy groups -OCH3 is 1. The Morgan fingerprint density at radius 1 is 1.25 bits per heavy atom. The van der Waals surface area contributed by atoms with E-state index in [0.29, 0.717) is 16.4 Å². The first-order chi connectivity index (χ1) is 11.3. The Hall–Kier alpha value is -2.34. The van der Waals surface area contributed by atoms with Crippen molar-refractivity contribution in [1.29, 1.82) is 0 Å². The van der Waals surface area contributed by atoms with Crippen molar-refractivity contribution in [2.75, 3.05) is 7.11 Å². The Balaban J connectivity index is 2.24. The molecule has 0 fully saturated rings. The molecule has 2 aromatic rings. The molecule has 1 aromatic heterocycles. The molecule has 1 amide bonds. The van der Waals surface area contributed by atoms with E-state index in [-0.39, 0.29) is 11.8 Å². The van der Waals surface area contributed by atoms with Crippen LogP contribution in [0.4, 0.5) is 0 Å². The molecule has 0 aliphatic rings. The number of aromatic nitrogens is 2. The maximum atomic E-state index is 12.5. The topological polar surface area (TPSA) is 73.2 Å². The number of carbonyl (C=O) groups excluding carboxylic acids is 2. The minimum Gasteiger partial charge on any atom is -0.467 e. The number of carbonyl (C=O) groups is 2. The van der Waals surface area contributed by atoms with Crippen LogP contribution in [0.3, 0.4) is 0 Å². The number of halogens is 1. The van der Waals surface area contributed by atoms with Gasteiger partial charge in [-0.2, -0.15) is 5.10 Å². The van der Waals surface area contributed by atoms with Crippen molar-refractivity contribution in [2.45, 2.75) is 19.9 Å². The number of amides is 1. The van der Waals surface area contributed by atoms with Crippen LogP contribution in [0.1, 0.15) is 24.3 Å². The van der Waals surface area contributed by atoms with E-state index in [0.717, 1.165) is 5.56 Å². The molecular weight excluding hydrogens is 330 g/mol. The summed E-state index contributed by atoms with van der Waals surface area (Å²) in [6.07, 6.45) is 0. The molecule has 1 aromatic carbocycles. The molecule has 7 heteroatoms. The molecule has 1 N–H and O–H groups in total. The van der Waals surface area contributed by atoms with Crippen molar-refractivity contribution in [2.24, 2.45) is 13.0 Å². The van der Waals surface area contributed by atoms with E-state index in [2.05, 4.69) is 10.4 Å². The molecule has 0 radical (unpaired) electrons. The minimum absolute atomic E-state index is 0.0923. The molecule has 1 atom stereocenters. The molecule has 24 heavy (non-hydrogen) atoms. The van der Waals surface area contributed by atoms with Crippen LogP contribution in [0.2, 0.25) is 5.02 Å². The number of nitrogens with zero attached hydrogens (tertiary/aromatic N) is 2. The van der Waals surface area contributed by atoms with Crippen molar-refractivity contribution in [1.82, 2.24) is 15.1 Å². The Bertz CT molecular complexity index is 738. The van der Waals surface area contributed by atoms with Crippen molar-refractivity contribution < 1.29 is 14.3 Å². The first-order valence-corrected chi connectivity index (χ1v) is 7.90. The number of nitrogens with one attached hydrogen (secondary N) is 1. The van der Waals surface area contributed by atoms with Crippen LogP contribution in [-0.2, 0) is 16.6 Å². The van der Waals surface area contributed by atoms with Gasteiger partial charge in [0.05, 0.1) is 12.8 Å². The first kappa shape index (κ1) is 18.0. The van der Waals surface area contributed by atoms with E-state index in [9.17, 15) is 9.59 Å². The van der Waals surface area contributed by atoms with E-state index in [4.69, 9.17) is 16.3 Å². The summed E-state index contributed by atoms with van der Waals surface area (Å²) in [6, 6.07) is 8.15. The summed E-state index contributed by atoms with van der Waals surface area (Å²) in [7, 11) is 2.98. The smallest absolute Gasteiger partial charge is 0.328 e. The zero-order valence-electron chi connectivity index (χ0n) is 14.0. The second kappa shape index (κ2) is 7.49. The third-order valence-electron chi connectivity index (χ3n) is 3.66.